The van der Waals surface area contributed by atoms with Crippen LogP contribution in [0.2, 0.25) is 0 Å². The van der Waals surface area contributed by atoms with E-state index in [1.807, 2.05) is 27.2 Å². The first kappa shape index (κ1) is 53.2. The molecule has 1 unspecified atom stereocenters. The molecule has 0 heterocycles. The monoisotopic (exact) mass is 787 g/mol. The van der Waals surface area contributed by atoms with Crippen LogP contribution in [0.25, 0.3) is 0 Å². The summed E-state index contributed by atoms with van der Waals surface area (Å²) >= 11 is 0. The molecule has 0 saturated heterocycles. The van der Waals surface area contributed by atoms with E-state index in [9.17, 15) is 19.4 Å². The first-order valence-electron chi connectivity index (χ1n) is 23.1. The maximum Gasteiger partial charge on any atom is 0.268 e. The zero-order valence-electron chi connectivity index (χ0n) is 36.4. The van der Waals surface area contributed by atoms with Gasteiger partial charge in [0.2, 0.25) is 5.91 Å². The van der Waals surface area contributed by atoms with Gasteiger partial charge in [-0.2, -0.15) is 0 Å². The zero-order valence-corrected chi connectivity index (χ0v) is 37.3. The number of aliphatic hydroxyl groups excluding tert-OH is 1. The molecule has 1 amide bonds. The van der Waals surface area contributed by atoms with Gasteiger partial charge in [0, 0.05) is 6.42 Å². The average molecular weight is 787 g/mol. The number of hydrogen-bond donors (Lipinski definition) is 2. The predicted octanol–water partition coefficient (Wildman–Crippen LogP) is 12.1. The Hall–Kier alpha value is -0.760. The number of carbonyl (C=O) groups is 1. The number of allylic oxidation sites excluding steroid dienone is 1. The van der Waals surface area contributed by atoms with Crippen LogP contribution >= 0.6 is 7.82 Å². The third kappa shape index (κ3) is 39.5. The largest absolute Gasteiger partial charge is 0.756 e. The van der Waals surface area contributed by atoms with Crippen molar-refractivity contribution in [3.05, 3.63) is 12.2 Å². The number of nitrogens with one attached hydrogen (secondary N) is 1. The van der Waals surface area contributed by atoms with E-state index in [0.29, 0.717) is 17.4 Å². The number of unbranched alkanes of at least 4 members (excludes halogenated alkanes) is 29. The maximum atomic E-state index is 12.8. The molecule has 0 saturated carbocycles. The summed E-state index contributed by atoms with van der Waals surface area (Å²) in [5.41, 5.74) is 0. The summed E-state index contributed by atoms with van der Waals surface area (Å²) in [6.45, 7) is 4.66. The van der Waals surface area contributed by atoms with Gasteiger partial charge in [-0.3, -0.25) is 9.36 Å². The molecule has 0 aliphatic rings. The quantitative estimate of drug-likeness (QED) is 0.0276. The molecule has 0 aliphatic heterocycles. The second-order valence-electron chi connectivity index (χ2n) is 17.1. The minimum absolute atomic E-state index is 0.00219. The molecule has 0 radical (unpaired) electrons. The van der Waals surface area contributed by atoms with Gasteiger partial charge in [0.05, 0.1) is 39.9 Å². The van der Waals surface area contributed by atoms with Gasteiger partial charge in [0.1, 0.15) is 13.2 Å². The summed E-state index contributed by atoms with van der Waals surface area (Å²) in [5, 5.41) is 13.8. The highest BCUT2D eigenvalue weighted by molar-refractivity contribution is 7.45. The highest BCUT2D eigenvalue weighted by atomic mass is 31.2. The van der Waals surface area contributed by atoms with Crippen molar-refractivity contribution in [1.29, 1.82) is 0 Å². The molecular formula is C45H91N2O6P. The first-order chi connectivity index (χ1) is 26.0. The zero-order chi connectivity index (χ0) is 40.0. The van der Waals surface area contributed by atoms with Gasteiger partial charge in [-0.05, 0) is 19.3 Å². The van der Waals surface area contributed by atoms with Crippen molar-refractivity contribution < 1.29 is 32.9 Å². The van der Waals surface area contributed by atoms with Gasteiger partial charge in [-0.25, -0.2) is 0 Å². The molecule has 2 N–H and O–H groups in total. The molecule has 8 nitrogen and oxygen atoms in total. The Balaban J connectivity index is 4.38. The van der Waals surface area contributed by atoms with E-state index in [-0.39, 0.29) is 19.1 Å². The van der Waals surface area contributed by atoms with E-state index >= 15 is 0 Å². The van der Waals surface area contributed by atoms with E-state index in [1.54, 1.807) is 6.08 Å². The molecule has 0 aromatic rings. The van der Waals surface area contributed by atoms with Crippen LogP contribution in [0.4, 0.5) is 0 Å². The second-order valence-corrected chi connectivity index (χ2v) is 18.5. The van der Waals surface area contributed by atoms with E-state index in [2.05, 4.69) is 19.2 Å². The van der Waals surface area contributed by atoms with Crippen LogP contribution in [0.1, 0.15) is 219 Å². The summed E-state index contributed by atoms with van der Waals surface area (Å²) < 4.78 is 23.2. The SMILES string of the molecule is CCCCCCCCCCCCCCCCC/C=C/[C@@H](O)[C@H](COP(=O)([O-])OCC[N+](C)(C)C)NC(=O)CCCCCCCCCCCCCCCCC. The number of quaternary nitrogens is 1. The van der Waals surface area contributed by atoms with Crippen LogP contribution in [-0.2, 0) is 18.4 Å². The standard InChI is InChI=1S/C45H91N2O6P/c1-6-8-10-12-14-16-18-20-22-23-25-26-28-30-32-34-36-38-44(48)43(42-53-54(50,51)52-41-40-47(3,4)5)46-45(49)39-37-35-33-31-29-27-24-21-19-17-15-13-11-9-7-2/h36,38,43-44,48H,6-35,37,39-42H2,1-5H3,(H-,46,49,50,51)/b38-36+/t43-,44+/m0/s1. The normalized spacial score (nSPS) is 14.4. The van der Waals surface area contributed by atoms with Gasteiger partial charge < -0.3 is 28.8 Å². The number of phosphoric acid groups is 1. The molecule has 3 atom stereocenters. The Kier molecular flexibility index (Phi) is 37.3. The lowest BCUT2D eigenvalue weighted by molar-refractivity contribution is -0.870. The van der Waals surface area contributed by atoms with Crippen LogP contribution in [0, 0.1) is 0 Å². The summed E-state index contributed by atoms with van der Waals surface area (Å²) in [5.74, 6) is -0.195. The van der Waals surface area contributed by atoms with Gasteiger partial charge in [-0.15, -0.1) is 0 Å². The Labute approximate surface area is 335 Å². The number of phosphoric ester groups is 1. The number of carbonyl (C=O) groups excluding carboxylic acids is 1. The van der Waals surface area contributed by atoms with E-state index in [0.717, 1.165) is 38.5 Å². The third-order valence-electron chi connectivity index (χ3n) is 10.5. The van der Waals surface area contributed by atoms with Crippen LogP contribution in [0.3, 0.4) is 0 Å². The van der Waals surface area contributed by atoms with Crippen molar-refractivity contribution in [1.82, 2.24) is 5.32 Å². The Morgan fingerprint density at radius 1 is 0.630 bits per heavy atom. The number of hydrogen-bond acceptors (Lipinski definition) is 6. The molecule has 0 aliphatic carbocycles. The number of nitrogens with zero attached hydrogens (tertiary/aromatic N) is 1. The number of amides is 1. The van der Waals surface area contributed by atoms with E-state index in [4.69, 9.17) is 9.05 Å². The van der Waals surface area contributed by atoms with Crippen molar-refractivity contribution in [3.8, 4) is 0 Å². The number of likely N-dealkylation sites (N-methyl/N-ethyl adjacent to an activating group) is 1. The Bertz CT molecular complexity index is 896. The minimum Gasteiger partial charge on any atom is -0.756 e. The molecule has 0 bridgehead atoms. The molecule has 0 aromatic heterocycles. The summed E-state index contributed by atoms with van der Waals surface area (Å²) in [6, 6.07) is -0.879. The lowest BCUT2D eigenvalue weighted by Crippen LogP contribution is -2.45. The molecule has 0 rings (SSSR count). The molecule has 0 spiro atoms. The van der Waals surface area contributed by atoms with Crippen LogP contribution < -0.4 is 10.2 Å². The fourth-order valence-corrected chi connectivity index (χ4v) is 7.52. The van der Waals surface area contributed by atoms with Gasteiger partial charge in [-0.1, -0.05) is 206 Å². The molecule has 0 aromatic carbocycles. The maximum absolute atomic E-state index is 12.8. The van der Waals surface area contributed by atoms with Crippen LogP contribution in [0.15, 0.2) is 12.2 Å². The van der Waals surface area contributed by atoms with Crippen molar-refractivity contribution in [2.24, 2.45) is 0 Å². The average Bonchev–Trinajstić information content (AvgIpc) is 3.12. The fraction of sp³-hybridized carbons (Fsp3) is 0.933. The smallest absolute Gasteiger partial charge is 0.268 e. The van der Waals surface area contributed by atoms with Crippen molar-refractivity contribution in [2.45, 2.75) is 231 Å². The lowest BCUT2D eigenvalue weighted by atomic mass is 10.0. The van der Waals surface area contributed by atoms with Crippen LogP contribution in [0.5, 0.6) is 0 Å². The number of aliphatic hydroxyl groups is 1. The molecular weight excluding hydrogens is 695 g/mol. The fourth-order valence-electron chi connectivity index (χ4n) is 6.80. The van der Waals surface area contributed by atoms with Gasteiger partial charge in [0.25, 0.3) is 7.82 Å². The predicted molar refractivity (Wildman–Crippen MR) is 229 cm³/mol. The minimum atomic E-state index is -4.58. The van der Waals surface area contributed by atoms with Crippen molar-refractivity contribution in [3.63, 3.8) is 0 Å². The van der Waals surface area contributed by atoms with Crippen LogP contribution in [-0.4, -0.2) is 68.5 Å². The molecule has 54 heavy (non-hydrogen) atoms. The molecule has 9 heteroatoms. The first-order valence-corrected chi connectivity index (χ1v) is 24.5. The van der Waals surface area contributed by atoms with Gasteiger partial charge >= 0.3 is 0 Å². The third-order valence-corrected chi connectivity index (χ3v) is 11.5. The number of rotatable bonds is 42. The summed E-state index contributed by atoms with van der Waals surface area (Å²) in [4.78, 5) is 25.3. The van der Waals surface area contributed by atoms with Gasteiger partial charge in [0.15, 0.2) is 0 Å². The topological polar surface area (TPSA) is 108 Å². The second kappa shape index (κ2) is 37.8. The summed E-state index contributed by atoms with van der Waals surface area (Å²) in [6.07, 6.45) is 42.5. The van der Waals surface area contributed by atoms with Crippen molar-refractivity contribution >= 4 is 13.7 Å². The molecule has 0 fully saturated rings. The highest BCUT2D eigenvalue weighted by Gasteiger charge is 2.23. The highest BCUT2D eigenvalue weighted by Crippen LogP contribution is 2.38. The van der Waals surface area contributed by atoms with E-state index in [1.165, 1.54) is 161 Å². The van der Waals surface area contributed by atoms with E-state index < -0.39 is 20.0 Å². The summed E-state index contributed by atoms with van der Waals surface area (Å²) in [7, 11) is 1.27. The Morgan fingerprint density at radius 3 is 1.39 bits per heavy atom. The molecule has 322 valence electrons. The van der Waals surface area contributed by atoms with Crippen molar-refractivity contribution in [2.75, 3.05) is 40.9 Å². The lowest BCUT2D eigenvalue weighted by Gasteiger charge is -2.29. The Morgan fingerprint density at radius 2 is 1.00 bits per heavy atom.